The number of para-hydroxylation sites is 1. The molecule has 1 aromatic carbocycles. The van der Waals surface area contributed by atoms with Gasteiger partial charge in [-0.2, -0.15) is 0 Å². The monoisotopic (exact) mass is 222 g/mol. The van der Waals surface area contributed by atoms with Gasteiger partial charge in [-0.1, -0.05) is 12.1 Å². The van der Waals surface area contributed by atoms with Crippen LogP contribution in [-0.4, -0.2) is 16.5 Å². The predicted molar refractivity (Wildman–Crippen MR) is 59.8 cm³/mol. The van der Waals surface area contributed by atoms with Crippen LogP contribution in [-0.2, 0) is 6.42 Å². The van der Waals surface area contributed by atoms with Gasteiger partial charge in [0.15, 0.2) is 0 Å². The van der Waals surface area contributed by atoms with Gasteiger partial charge in [0.05, 0.1) is 15.2 Å². The molecule has 1 heterocycles. The Morgan fingerprint density at radius 2 is 2.20 bits per heavy atom. The lowest BCUT2D eigenvalue weighted by atomic mass is 10.3. The third-order valence-electron chi connectivity index (χ3n) is 2.07. The summed E-state index contributed by atoms with van der Waals surface area (Å²) in [7, 11) is 0. The first kappa shape index (κ1) is 10.0. The summed E-state index contributed by atoms with van der Waals surface area (Å²) >= 11 is 1.62. The van der Waals surface area contributed by atoms with Crippen LogP contribution in [0.15, 0.2) is 24.3 Å². The predicted octanol–water partition coefficient (Wildman–Crippen LogP) is 2.51. The van der Waals surface area contributed by atoms with E-state index < -0.39 is 0 Å². The second kappa shape index (κ2) is 4.35. The van der Waals surface area contributed by atoms with Gasteiger partial charge in [-0.3, -0.25) is 10.1 Å². The Kier molecular flexibility index (Phi) is 2.91. The maximum atomic E-state index is 10.2. The Labute approximate surface area is 90.7 Å². The summed E-state index contributed by atoms with van der Waals surface area (Å²) in [6.07, 6.45) is 1.26. The van der Waals surface area contributed by atoms with Crippen molar-refractivity contribution in [2.75, 3.05) is 6.54 Å². The molecule has 0 spiro atoms. The van der Waals surface area contributed by atoms with Gasteiger partial charge in [-0.05, 0) is 12.1 Å². The summed E-state index contributed by atoms with van der Waals surface area (Å²) in [4.78, 5) is 14.3. The highest BCUT2D eigenvalue weighted by Crippen LogP contribution is 2.22. The summed E-state index contributed by atoms with van der Waals surface area (Å²) in [5, 5.41) is 11.1. The molecule has 0 fully saturated rings. The summed E-state index contributed by atoms with van der Waals surface area (Å²) in [6.45, 7) is 0.0237. The molecule has 0 N–H and O–H groups in total. The van der Waals surface area contributed by atoms with E-state index in [0.717, 1.165) is 15.2 Å². The molecule has 5 heteroatoms. The van der Waals surface area contributed by atoms with Gasteiger partial charge in [-0.15, -0.1) is 11.3 Å². The summed E-state index contributed by atoms with van der Waals surface area (Å²) in [5.74, 6) is 0. The maximum Gasteiger partial charge on any atom is 0.204 e. The van der Waals surface area contributed by atoms with Crippen molar-refractivity contribution in [3.63, 3.8) is 0 Å². The number of fused-ring (bicyclic) bond motifs is 1. The topological polar surface area (TPSA) is 56.0 Å². The molecule has 0 aliphatic rings. The van der Waals surface area contributed by atoms with Crippen molar-refractivity contribution in [3.8, 4) is 0 Å². The highest BCUT2D eigenvalue weighted by atomic mass is 32.1. The van der Waals surface area contributed by atoms with Crippen LogP contribution in [0.5, 0.6) is 0 Å². The molecule has 0 unspecified atom stereocenters. The fourth-order valence-electron chi connectivity index (χ4n) is 1.39. The van der Waals surface area contributed by atoms with Crippen LogP contribution >= 0.6 is 11.3 Å². The van der Waals surface area contributed by atoms with E-state index in [0.29, 0.717) is 12.8 Å². The van der Waals surface area contributed by atoms with E-state index in [1.54, 1.807) is 11.3 Å². The van der Waals surface area contributed by atoms with Gasteiger partial charge in [-0.25, -0.2) is 4.98 Å². The van der Waals surface area contributed by atoms with Crippen molar-refractivity contribution in [2.45, 2.75) is 12.8 Å². The van der Waals surface area contributed by atoms with Crippen molar-refractivity contribution in [3.05, 3.63) is 39.4 Å². The lowest BCUT2D eigenvalue weighted by molar-refractivity contribution is -0.480. The number of nitrogens with zero attached hydrogens (tertiary/aromatic N) is 2. The number of hydrogen-bond donors (Lipinski definition) is 0. The highest BCUT2D eigenvalue weighted by molar-refractivity contribution is 7.18. The van der Waals surface area contributed by atoms with Crippen LogP contribution < -0.4 is 0 Å². The molecule has 0 saturated heterocycles. The van der Waals surface area contributed by atoms with E-state index in [-0.39, 0.29) is 11.5 Å². The number of thiazole rings is 1. The van der Waals surface area contributed by atoms with E-state index in [2.05, 4.69) is 4.98 Å². The molecule has 4 nitrogen and oxygen atoms in total. The number of aromatic nitrogens is 1. The van der Waals surface area contributed by atoms with Gasteiger partial charge in [0, 0.05) is 17.8 Å². The van der Waals surface area contributed by atoms with Gasteiger partial charge >= 0.3 is 0 Å². The fraction of sp³-hybridized carbons (Fsp3) is 0.300. The second-order valence-corrected chi connectivity index (χ2v) is 4.35. The Morgan fingerprint density at radius 3 is 2.93 bits per heavy atom. The molecule has 0 aliphatic carbocycles. The van der Waals surface area contributed by atoms with Crippen LogP contribution in [0.2, 0.25) is 0 Å². The molecule has 1 aromatic heterocycles. The minimum Gasteiger partial charge on any atom is -0.265 e. The molecule has 0 saturated carbocycles. The fourth-order valence-corrected chi connectivity index (χ4v) is 2.40. The molecule has 0 atom stereocenters. The van der Waals surface area contributed by atoms with Crippen LogP contribution in [0.25, 0.3) is 10.2 Å². The SMILES string of the molecule is O=[N+]([O-])CCCc1nc2ccccc2s1. The molecule has 2 aromatic rings. The normalized spacial score (nSPS) is 10.7. The van der Waals surface area contributed by atoms with Gasteiger partial charge in [0.1, 0.15) is 0 Å². The molecule has 0 aliphatic heterocycles. The Bertz CT molecular complexity index is 448. The summed E-state index contributed by atoms with van der Waals surface area (Å²) in [5.41, 5.74) is 0.985. The number of benzene rings is 1. The van der Waals surface area contributed by atoms with E-state index in [1.165, 1.54) is 0 Å². The van der Waals surface area contributed by atoms with E-state index in [1.807, 2.05) is 24.3 Å². The molecule has 0 amide bonds. The minimum atomic E-state index is -0.284. The van der Waals surface area contributed by atoms with Crippen LogP contribution in [0.1, 0.15) is 11.4 Å². The minimum absolute atomic E-state index is 0.0237. The average molecular weight is 222 g/mol. The maximum absolute atomic E-state index is 10.2. The second-order valence-electron chi connectivity index (χ2n) is 3.24. The van der Waals surface area contributed by atoms with Crippen LogP contribution in [0, 0.1) is 10.1 Å². The third kappa shape index (κ3) is 2.50. The molecule has 0 radical (unpaired) electrons. The van der Waals surface area contributed by atoms with Crippen molar-refractivity contribution in [2.24, 2.45) is 0 Å². The smallest absolute Gasteiger partial charge is 0.204 e. The summed E-state index contributed by atoms with van der Waals surface area (Å²) < 4.78 is 1.15. The zero-order valence-corrected chi connectivity index (χ0v) is 8.87. The number of hydrogen-bond acceptors (Lipinski definition) is 4. The van der Waals surface area contributed by atoms with Crippen molar-refractivity contribution in [1.29, 1.82) is 0 Å². The Morgan fingerprint density at radius 1 is 1.40 bits per heavy atom. The van der Waals surface area contributed by atoms with Crippen LogP contribution in [0.3, 0.4) is 0 Å². The molecular formula is C10H10N2O2S. The molecule has 15 heavy (non-hydrogen) atoms. The highest BCUT2D eigenvalue weighted by Gasteiger charge is 2.04. The lowest BCUT2D eigenvalue weighted by Gasteiger charge is -1.90. The van der Waals surface area contributed by atoms with Gasteiger partial charge < -0.3 is 0 Å². The molecule has 78 valence electrons. The van der Waals surface area contributed by atoms with Crippen molar-refractivity contribution >= 4 is 21.6 Å². The third-order valence-corrected chi connectivity index (χ3v) is 3.17. The molecule has 0 bridgehead atoms. The number of nitro groups is 1. The lowest BCUT2D eigenvalue weighted by Crippen LogP contribution is -2.01. The van der Waals surface area contributed by atoms with Gasteiger partial charge in [0.25, 0.3) is 0 Å². The Balaban J connectivity index is 2.05. The van der Waals surface area contributed by atoms with Crippen molar-refractivity contribution in [1.82, 2.24) is 4.98 Å². The number of rotatable bonds is 4. The standard InChI is InChI=1S/C10H10N2O2S/c13-12(14)7-3-6-10-11-8-4-1-2-5-9(8)15-10/h1-2,4-5H,3,6-7H2. The zero-order valence-electron chi connectivity index (χ0n) is 8.05. The van der Waals surface area contributed by atoms with Crippen molar-refractivity contribution < 1.29 is 4.92 Å². The zero-order chi connectivity index (χ0) is 10.7. The first-order valence-corrected chi connectivity index (χ1v) is 5.53. The van der Waals surface area contributed by atoms with Gasteiger partial charge in [0.2, 0.25) is 6.54 Å². The largest absolute Gasteiger partial charge is 0.265 e. The quantitative estimate of drug-likeness (QED) is 0.590. The van der Waals surface area contributed by atoms with E-state index >= 15 is 0 Å². The molecular weight excluding hydrogens is 212 g/mol. The number of aryl methyl sites for hydroxylation is 1. The molecule has 2 rings (SSSR count). The summed E-state index contributed by atoms with van der Waals surface area (Å²) in [6, 6.07) is 7.90. The van der Waals surface area contributed by atoms with Crippen LogP contribution in [0.4, 0.5) is 0 Å². The first-order chi connectivity index (χ1) is 7.25. The van der Waals surface area contributed by atoms with E-state index in [9.17, 15) is 10.1 Å². The average Bonchev–Trinajstić information content (AvgIpc) is 2.59. The first-order valence-electron chi connectivity index (χ1n) is 4.72. The van der Waals surface area contributed by atoms with E-state index in [4.69, 9.17) is 0 Å². The Hall–Kier alpha value is -1.49.